The monoisotopic (exact) mass is 220 g/mol. The number of fused-ring (bicyclic) bond motifs is 1. The van der Waals surface area contributed by atoms with Crippen LogP contribution in [0.4, 0.5) is 0 Å². The van der Waals surface area contributed by atoms with Gasteiger partial charge < -0.3 is 5.11 Å². The minimum atomic E-state index is 0.211. The van der Waals surface area contributed by atoms with Crippen LogP contribution in [0.2, 0.25) is 0 Å². The maximum Gasteiger partial charge on any atom is 0.0639 e. The summed E-state index contributed by atoms with van der Waals surface area (Å²) in [5.41, 5.74) is 3.28. The Bertz CT molecular complexity index is 326. The Hall–Kier alpha value is -0.560. The van der Waals surface area contributed by atoms with E-state index in [9.17, 15) is 0 Å². The largest absolute Gasteiger partial charge is 0.392 e. The van der Waals surface area contributed by atoms with Gasteiger partial charge in [-0.15, -0.1) is 0 Å². The number of rotatable bonds is 4. The quantitative estimate of drug-likeness (QED) is 0.716. The Balaban J connectivity index is 1.94. The van der Waals surface area contributed by atoms with Gasteiger partial charge >= 0.3 is 0 Å². The molecule has 3 rings (SSSR count). The number of hydrogen-bond acceptors (Lipinski definition) is 1. The summed E-state index contributed by atoms with van der Waals surface area (Å²) in [4.78, 5) is 0. The second kappa shape index (κ2) is 4.37. The summed E-state index contributed by atoms with van der Waals surface area (Å²) in [5, 5.41) is 8.96. The first-order valence-corrected chi connectivity index (χ1v) is 6.51. The molecule has 0 spiro atoms. The zero-order valence-corrected chi connectivity index (χ0v) is 10.8. The first-order valence-electron chi connectivity index (χ1n) is 6.51. The molecule has 0 heterocycles. The third kappa shape index (κ3) is 1.86. The van der Waals surface area contributed by atoms with Crippen LogP contribution in [0.25, 0.3) is 0 Å². The normalized spacial score (nSPS) is 38.0. The molecule has 3 aliphatic rings. The number of aliphatic hydroxyl groups is 1. The molecule has 0 aromatic carbocycles. The molecule has 1 nitrogen and oxygen atoms in total. The summed E-state index contributed by atoms with van der Waals surface area (Å²) >= 11 is 0. The van der Waals surface area contributed by atoms with Gasteiger partial charge in [-0.05, 0) is 56.8 Å². The molecule has 0 aromatic rings. The van der Waals surface area contributed by atoms with E-state index >= 15 is 0 Å². The Kier molecular flexibility index (Phi) is 3.25. The van der Waals surface area contributed by atoms with Gasteiger partial charge in [0, 0.05) is 0 Å². The summed E-state index contributed by atoms with van der Waals surface area (Å²) < 4.78 is 0. The predicted molar refractivity (Wildman–Crippen MR) is 68.2 cm³/mol. The van der Waals surface area contributed by atoms with E-state index in [0.717, 1.165) is 23.8 Å². The maximum atomic E-state index is 8.96. The fourth-order valence-electron chi connectivity index (χ4n) is 3.56. The lowest BCUT2D eigenvalue weighted by Crippen LogP contribution is -2.49. The van der Waals surface area contributed by atoms with E-state index in [1.54, 1.807) is 5.57 Å². The molecule has 0 radical (unpaired) electrons. The standard InChI is InChI=1S/C15H24O/c1-11(10-16)5-4-8-15(3)13-7-6-12(2)14(15)9-13/h5-6,13-14,16H,4,7-10H2,1-3H3/b11-5-/t13-,14-,15+/m1/s1. The van der Waals surface area contributed by atoms with E-state index in [-0.39, 0.29) is 6.61 Å². The van der Waals surface area contributed by atoms with Crippen LogP contribution in [0.5, 0.6) is 0 Å². The van der Waals surface area contributed by atoms with Gasteiger partial charge in [-0.25, -0.2) is 0 Å². The molecule has 0 aromatic heterocycles. The number of allylic oxidation sites excluding steroid dienone is 3. The van der Waals surface area contributed by atoms with Gasteiger partial charge in [0.05, 0.1) is 6.61 Å². The van der Waals surface area contributed by atoms with Crippen LogP contribution in [0, 0.1) is 17.3 Å². The highest BCUT2D eigenvalue weighted by Gasteiger charge is 2.52. The Morgan fingerprint density at radius 1 is 1.62 bits per heavy atom. The molecule has 16 heavy (non-hydrogen) atoms. The van der Waals surface area contributed by atoms with E-state index in [2.05, 4.69) is 26.0 Å². The second-order valence-corrected chi connectivity index (χ2v) is 5.92. The summed E-state index contributed by atoms with van der Waals surface area (Å²) in [6.07, 6.45) is 9.77. The molecular formula is C15H24O. The Labute approximate surface area is 99.3 Å². The molecule has 1 heteroatoms. The molecule has 1 saturated carbocycles. The SMILES string of the molecule is CC1=CC[C@@H]2C[C@H]1[C@@]2(C)CC/C=C(/C)CO. The Morgan fingerprint density at radius 2 is 2.38 bits per heavy atom. The van der Waals surface area contributed by atoms with Gasteiger partial charge in [0.2, 0.25) is 0 Å². The van der Waals surface area contributed by atoms with Crippen molar-refractivity contribution < 1.29 is 5.11 Å². The van der Waals surface area contributed by atoms with Gasteiger partial charge in [-0.3, -0.25) is 0 Å². The fourth-order valence-corrected chi connectivity index (χ4v) is 3.56. The summed E-state index contributed by atoms with van der Waals surface area (Å²) in [5.74, 6) is 1.76. The van der Waals surface area contributed by atoms with E-state index in [0.29, 0.717) is 5.41 Å². The van der Waals surface area contributed by atoms with Crippen LogP contribution in [0.3, 0.4) is 0 Å². The van der Waals surface area contributed by atoms with Gasteiger partial charge in [-0.1, -0.05) is 30.2 Å². The lowest BCUT2D eigenvalue weighted by atomic mass is 9.47. The highest BCUT2D eigenvalue weighted by molar-refractivity contribution is 5.22. The van der Waals surface area contributed by atoms with Crippen LogP contribution in [0.15, 0.2) is 23.3 Å². The van der Waals surface area contributed by atoms with Crippen molar-refractivity contribution in [1.82, 2.24) is 0 Å². The molecular weight excluding hydrogens is 196 g/mol. The third-order valence-corrected chi connectivity index (χ3v) is 4.95. The molecule has 3 aliphatic carbocycles. The molecule has 1 fully saturated rings. The van der Waals surface area contributed by atoms with Crippen molar-refractivity contribution in [3.63, 3.8) is 0 Å². The van der Waals surface area contributed by atoms with Crippen molar-refractivity contribution in [3.8, 4) is 0 Å². The summed E-state index contributed by atoms with van der Waals surface area (Å²) in [7, 11) is 0. The third-order valence-electron chi connectivity index (χ3n) is 4.95. The first-order chi connectivity index (χ1) is 7.58. The van der Waals surface area contributed by atoms with Crippen LogP contribution < -0.4 is 0 Å². The molecule has 0 unspecified atom stereocenters. The van der Waals surface area contributed by atoms with E-state index < -0.39 is 0 Å². The molecule has 3 atom stereocenters. The zero-order chi connectivity index (χ0) is 11.8. The van der Waals surface area contributed by atoms with Gasteiger partial charge in [0.15, 0.2) is 0 Å². The minimum Gasteiger partial charge on any atom is -0.392 e. The van der Waals surface area contributed by atoms with Crippen molar-refractivity contribution in [2.75, 3.05) is 6.61 Å². The number of hydrogen-bond donors (Lipinski definition) is 1. The van der Waals surface area contributed by atoms with E-state index in [4.69, 9.17) is 5.11 Å². The predicted octanol–water partition coefficient (Wildman–Crippen LogP) is 3.70. The van der Waals surface area contributed by atoms with Gasteiger partial charge in [-0.2, -0.15) is 0 Å². The average Bonchev–Trinajstić information content (AvgIpc) is 2.28. The second-order valence-electron chi connectivity index (χ2n) is 5.92. The average molecular weight is 220 g/mol. The van der Waals surface area contributed by atoms with E-state index in [1.165, 1.54) is 19.3 Å². The molecule has 0 saturated heterocycles. The van der Waals surface area contributed by atoms with Crippen molar-refractivity contribution in [1.29, 1.82) is 0 Å². The Morgan fingerprint density at radius 3 is 2.94 bits per heavy atom. The van der Waals surface area contributed by atoms with Crippen molar-refractivity contribution in [2.24, 2.45) is 17.3 Å². The lowest BCUT2D eigenvalue weighted by Gasteiger charge is -2.58. The molecule has 90 valence electrons. The van der Waals surface area contributed by atoms with Crippen molar-refractivity contribution in [3.05, 3.63) is 23.3 Å². The van der Waals surface area contributed by atoms with Crippen LogP contribution in [-0.4, -0.2) is 11.7 Å². The highest BCUT2D eigenvalue weighted by Crippen LogP contribution is 2.61. The van der Waals surface area contributed by atoms with Crippen LogP contribution in [0.1, 0.15) is 46.5 Å². The van der Waals surface area contributed by atoms with Crippen LogP contribution in [-0.2, 0) is 0 Å². The maximum absolute atomic E-state index is 8.96. The zero-order valence-electron chi connectivity index (χ0n) is 10.8. The van der Waals surface area contributed by atoms with Crippen LogP contribution >= 0.6 is 0 Å². The molecule has 2 bridgehead atoms. The summed E-state index contributed by atoms with van der Waals surface area (Å²) in [6, 6.07) is 0. The van der Waals surface area contributed by atoms with Crippen molar-refractivity contribution in [2.45, 2.75) is 46.5 Å². The van der Waals surface area contributed by atoms with Crippen molar-refractivity contribution >= 4 is 0 Å². The highest BCUT2D eigenvalue weighted by atomic mass is 16.3. The van der Waals surface area contributed by atoms with Gasteiger partial charge in [0.25, 0.3) is 0 Å². The molecule has 1 N–H and O–H groups in total. The lowest BCUT2D eigenvalue weighted by molar-refractivity contribution is -0.0312. The van der Waals surface area contributed by atoms with Gasteiger partial charge in [0.1, 0.15) is 0 Å². The fraction of sp³-hybridized carbons (Fsp3) is 0.733. The minimum absolute atomic E-state index is 0.211. The van der Waals surface area contributed by atoms with E-state index in [1.807, 2.05) is 6.92 Å². The molecule has 0 aliphatic heterocycles. The molecule has 0 amide bonds. The summed E-state index contributed by atoms with van der Waals surface area (Å²) in [6.45, 7) is 6.98. The topological polar surface area (TPSA) is 20.2 Å². The number of aliphatic hydroxyl groups excluding tert-OH is 1. The smallest absolute Gasteiger partial charge is 0.0639 e. The first kappa shape index (κ1) is 11.9.